The van der Waals surface area contributed by atoms with Crippen LogP contribution in [0.1, 0.15) is 18.4 Å². The van der Waals surface area contributed by atoms with Gasteiger partial charge in [-0.2, -0.15) is 0 Å². The van der Waals surface area contributed by atoms with Crippen LogP contribution in [-0.4, -0.2) is 49.1 Å². The molecule has 6 nitrogen and oxygen atoms in total. The van der Waals surface area contributed by atoms with Crippen molar-refractivity contribution in [3.05, 3.63) is 35.9 Å². The molecule has 0 saturated carbocycles. The summed E-state index contributed by atoms with van der Waals surface area (Å²) in [6, 6.07) is 8.64. The number of nitrogens with two attached hydrogens (primary N) is 1. The summed E-state index contributed by atoms with van der Waals surface area (Å²) in [4.78, 5) is 25.5. The number of esters is 1. The van der Waals surface area contributed by atoms with E-state index in [-0.39, 0.29) is 18.9 Å². The van der Waals surface area contributed by atoms with E-state index in [2.05, 4.69) is 0 Å². The van der Waals surface area contributed by atoms with E-state index in [4.69, 9.17) is 15.2 Å². The molecule has 0 aromatic heterocycles. The van der Waals surface area contributed by atoms with Crippen LogP contribution in [0.4, 0.5) is 0 Å². The smallest absolute Gasteiger partial charge is 0.323 e. The van der Waals surface area contributed by atoms with Crippen molar-refractivity contribution in [3.8, 4) is 0 Å². The molecule has 0 unspecified atom stereocenters. The Morgan fingerprint density at radius 1 is 1.23 bits per heavy atom. The molecule has 1 aromatic carbocycles. The Labute approximate surface area is 130 Å². The van der Waals surface area contributed by atoms with Crippen molar-refractivity contribution in [3.63, 3.8) is 0 Å². The van der Waals surface area contributed by atoms with Gasteiger partial charge in [0.05, 0.1) is 13.2 Å². The molecule has 1 saturated heterocycles. The maximum absolute atomic E-state index is 12.0. The van der Waals surface area contributed by atoms with Crippen molar-refractivity contribution in [2.75, 3.05) is 26.3 Å². The fraction of sp³-hybridized carbons (Fsp3) is 0.500. The molecule has 2 rings (SSSR count). The normalized spacial score (nSPS) is 16.1. The summed E-state index contributed by atoms with van der Waals surface area (Å²) in [6.07, 6.45) is 0.547. The number of ether oxygens (including phenoxy) is 2. The van der Waals surface area contributed by atoms with E-state index < -0.39 is 12.0 Å². The zero-order chi connectivity index (χ0) is 15.8. The van der Waals surface area contributed by atoms with Crippen LogP contribution in [0, 0.1) is 0 Å². The third-order valence-corrected chi connectivity index (χ3v) is 3.56. The molecule has 1 aromatic rings. The molecule has 2 N–H and O–H groups in total. The van der Waals surface area contributed by atoms with E-state index in [1.165, 1.54) is 0 Å². The van der Waals surface area contributed by atoms with Crippen molar-refractivity contribution >= 4 is 11.9 Å². The number of benzene rings is 1. The number of hydrogen-bond donors (Lipinski definition) is 1. The highest BCUT2D eigenvalue weighted by Gasteiger charge is 2.20. The van der Waals surface area contributed by atoms with E-state index in [9.17, 15) is 9.59 Å². The largest absolute Gasteiger partial charge is 0.460 e. The number of carbonyl (C=O) groups is 2. The zero-order valence-corrected chi connectivity index (χ0v) is 12.6. The highest BCUT2D eigenvalue weighted by Crippen LogP contribution is 2.06. The first-order chi connectivity index (χ1) is 10.7. The molecule has 1 aliphatic heterocycles. The van der Waals surface area contributed by atoms with Gasteiger partial charge >= 0.3 is 5.97 Å². The van der Waals surface area contributed by atoms with Crippen LogP contribution in [0.5, 0.6) is 0 Å². The van der Waals surface area contributed by atoms with Gasteiger partial charge < -0.3 is 20.1 Å². The highest BCUT2D eigenvalue weighted by atomic mass is 16.5. The summed E-state index contributed by atoms with van der Waals surface area (Å²) < 4.78 is 10.4. The predicted molar refractivity (Wildman–Crippen MR) is 80.8 cm³/mol. The number of hydrogen-bond acceptors (Lipinski definition) is 5. The van der Waals surface area contributed by atoms with E-state index in [0.717, 1.165) is 5.56 Å². The lowest BCUT2D eigenvalue weighted by Crippen LogP contribution is -2.41. The second-order valence-corrected chi connectivity index (χ2v) is 5.23. The van der Waals surface area contributed by atoms with Gasteiger partial charge in [0, 0.05) is 19.5 Å². The molecule has 0 bridgehead atoms. The number of nitrogens with zero attached hydrogens (tertiary/aromatic N) is 1. The average molecular weight is 306 g/mol. The first-order valence-corrected chi connectivity index (χ1v) is 7.48. The van der Waals surface area contributed by atoms with Crippen molar-refractivity contribution in [2.45, 2.75) is 25.5 Å². The summed E-state index contributed by atoms with van der Waals surface area (Å²) in [7, 11) is 0. The maximum atomic E-state index is 12.0. The number of amides is 1. The lowest BCUT2D eigenvalue weighted by atomic mass is 10.1. The molecule has 1 heterocycles. The number of carbonyl (C=O) groups excluding carboxylic acids is 2. The van der Waals surface area contributed by atoms with Gasteiger partial charge in [-0.3, -0.25) is 9.59 Å². The lowest BCUT2D eigenvalue weighted by Gasteiger charge is -2.27. The predicted octanol–water partition coefficient (Wildman–Crippen LogP) is 0.696. The topological polar surface area (TPSA) is 81.9 Å². The molecule has 6 heteroatoms. The quantitative estimate of drug-likeness (QED) is 0.782. The second-order valence-electron chi connectivity index (χ2n) is 5.23. The van der Waals surface area contributed by atoms with Crippen LogP contribution in [0.2, 0.25) is 0 Å². The van der Waals surface area contributed by atoms with Crippen molar-refractivity contribution in [2.24, 2.45) is 5.73 Å². The van der Waals surface area contributed by atoms with Crippen LogP contribution in [-0.2, 0) is 25.7 Å². The molecule has 0 radical (unpaired) electrons. The fourth-order valence-electron chi connectivity index (χ4n) is 2.20. The summed E-state index contributed by atoms with van der Waals surface area (Å²) in [5.74, 6) is -0.465. The molecule has 0 aliphatic carbocycles. The van der Waals surface area contributed by atoms with Gasteiger partial charge in [0.25, 0.3) is 0 Å². The van der Waals surface area contributed by atoms with Gasteiger partial charge in [0.2, 0.25) is 5.91 Å². The van der Waals surface area contributed by atoms with Gasteiger partial charge in [-0.15, -0.1) is 0 Å². The minimum absolute atomic E-state index is 0.00890. The Hall–Kier alpha value is -1.92. The van der Waals surface area contributed by atoms with Gasteiger partial charge in [-0.1, -0.05) is 30.3 Å². The molecule has 22 heavy (non-hydrogen) atoms. The Morgan fingerprint density at radius 3 is 2.59 bits per heavy atom. The highest BCUT2D eigenvalue weighted by molar-refractivity contribution is 5.79. The molecular formula is C16H22N2O4. The standard InChI is InChI=1S/C16H22N2O4/c17-14(6-7-15(19)18-8-10-21-11-9-18)16(20)22-12-13-4-2-1-3-5-13/h1-5,14H,6-12,17H2/t14-/m1/s1. The summed E-state index contributed by atoms with van der Waals surface area (Å²) in [5.41, 5.74) is 6.70. The third kappa shape index (κ3) is 5.13. The first-order valence-electron chi connectivity index (χ1n) is 7.48. The minimum Gasteiger partial charge on any atom is -0.460 e. The first kappa shape index (κ1) is 16.5. The van der Waals surface area contributed by atoms with Gasteiger partial charge in [0.1, 0.15) is 12.6 Å². The fourth-order valence-corrected chi connectivity index (χ4v) is 2.20. The Morgan fingerprint density at radius 2 is 1.91 bits per heavy atom. The van der Waals surface area contributed by atoms with Gasteiger partial charge in [-0.25, -0.2) is 0 Å². The maximum Gasteiger partial charge on any atom is 0.323 e. The molecular weight excluding hydrogens is 284 g/mol. The molecule has 1 amide bonds. The zero-order valence-electron chi connectivity index (χ0n) is 12.6. The monoisotopic (exact) mass is 306 g/mol. The van der Waals surface area contributed by atoms with Crippen molar-refractivity contribution < 1.29 is 19.1 Å². The Bertz CT molecular complexity index is 486. The van der Waals surface area contributed by atoms with E-state index in [0.29, 0.717) is 32.7 Å². The Kier molecular flexibility index (Phi) is 6.36. The lowest BCUT2D eigenvalue weighted by molar-refractivity contribution is -0.147. The molecule has 1 aliphatic rings. The number of morpholine rings is 1. The second kappa shape index (κ2) is 8.51. The van der Waals surface area contributed by atoms with Crippen LogP contribution < -0.4 is 5.73 Å². The van der Waals surface area contributed by atoms with Crippen LogP contribution in [0.15, 0.2) is 30.3 Å². The Balaban J connectivity index is 1.68. The van der Waals surface area contributed by atoms with E-state index in [1.54, 1.807) is 4.90 Å². The summed E-state index contributed by atoms with van der Waals surface area (Å²) in [5, 5.41) is 0. The minimum atomic E-state index is -0.770. The number of rotatable bonds is 6. The third-order valence-electron chi connectivity index (χ3n) is 3.56. The van der Waals surface area contributed by atoms with Crippen molar-refractivity contribution in [1.29, 1.82) is 0 Å². The van der Waals surface area contributed by atoms with Crippen LogP contribution in [0.25, 0.3) is 0 Å². The van der Waals surface area contributed by atoms with Gasteiger partial charge in [0.15, 0.2) is 0 Å². The average Bonchev–Trinajstić information content (AvgIpc) is 2.58. The summed E-state index contributed by atoms with van der Waals surface area (Å²) >= 11 is 0. The summed E-state index contributed by atoms with van der Waals surface area (Å²) in [6.45, 7) is 2.54. The molecule has 1 atom stereocenters. The van der Waals surface area contributed by atoms with Crippen LogP contribution >= 0.6 is 0 Å². The molecule has 120 valence electrons. The van der Waals surface area contributed by atoms with Crippen molar-refractivity contribution in [1.82, 2.24) is 4.90 Å². The molecule has 0 spiro atoms. The van der Waals surface area contributed by atoms with E-state index >= 15 is 0 Å². The SMILES string of the molecule is N[C@H](CCC(=O)N1CCOCC1)C(=O)OCc1ccccc1. The van der Waals surface area contributed by atoms with E-state index in [1.807, 2.05) is 30.3 Å². The molecule has 1 fully saturated rings. The van der Waals surface area contributed by atoms with Crippen LogP contribution in [0.3, 0.4) is 0 Å². The van der Waals surface area contributed by atoms with Gasteiger partial charge in [-0.05, 0) is 12.0 Å².